The Morgan fingerprint density at radius 3 is 2.40 bits per heavy atom. The molecule has 3 N–H and O–H groups in total. The van der Waals surface area contributed by atoms with Gasteiger partial charge in [0.2, 0.25) is 0 Å². The lowest BCUT2D eigenvalue weighted by Gasteiger charge is -2.16. The summed E-state index contributed by atoms with van der Waals surface area (Å²) in [5.41, 5.74) is 3.57. The lowest BCUT2D eigenvalue weighted by Crippen LogP contribution is -2.31. The molecule has 0 heterocycles. The molecule has 0 radical (unpaired) electrons. The van der Waals surface area contributed by atoms with Gasteiger partial charge in [-0.15, -0.1) is 0 Å². The van der Waals surface area contributed by atoms with Crippen molar-refractivity contribution in [1.29, 1.82) is 0 Å². The van der Waals surface area contributed by atoms with Crippen LogP contribution in [0.25, 0.3) is 0 Å². The second kappa shape index (κ2) is 4.21. The summed E-state index contributed by atoms with van der Waals surface area (Å²) in [7, 11) is 0. The molecule has 0 unspecified atom stereocenters. The molecule has 0 spiro atoms. The van der Waals surface area contributed by atoms with Gasteiger partial charge in [0, 0.05) is 5.54 Å². The number of phenols is 2. The molecule has 82 valence electrons. The van der Waals surface area contributed by atoms with Crippen LogP contribution in [-0.4, -0.2) is 22.0 Å². The highest BCUT2D eigenvalue weighted by molar-refractivity contribution is 5.80. The van der Waals surface area contributed by atoms with Crippen molar-refractivity contribution in [3.8, 4) is 11.5 Å². The van der Waals surface area contributed by atoms with Gasteiger partial charge >= 0.3 is 0 Å². The molecule has 0 saturated carbocycles. The van der Waals surface area contributed by atoms with Crippen LogP contribution in [0.5, 0.6) is 11.5 Å². The first-order valence-electron chi connectivity index (χ1n) is 4.71. The first-order valence-corrected chi connectivity index (χ1v) is 4.71. The van der Waals surface area contributed by atoms with Crippen molar-refractivity contribution < 1.29 is 10.2 Å². The number of aromatic hydroxyl groups is 2. The lowest BCUT2D eigenvalue weighted by atomic mass is 10.1. The maximum absolute atomic E-state index is 9.23. The van der Waals surface area contributed by atoms with Gasteiger partial charge in [0.1, 0.15) is 0 Å². The zero-order valence-electron chi connectivity index (χ0n) is 9.15. The summed E-state index contributed by atoms with van der Waals surface area (Å²) >= 11 is 0. The van der Waals surface area contributed by atoms with Crippen LogP contribution in [0.1, 0.15) is 26.3 Å². The molecule has 4 nitrogen and oxygen atoms in total. The number of nitrogens with zero attached hydrogens (tertiary/aromatic N) is 1. The first-order chi connectivity index (χ1) is 6.88. The van der Waals surface area contributed by atoms with Gasteiger partial charge in [-0.1, -0.05) is 0 Å². The highest BCUT2D eigenvalue weighted by atomic mass is 16.3. The molecule has 0 atom stereocenters. The average molecular weight is 208 g/mol. The van der Waals surface area contributed by atoms with Crippen LogP contribution in [0.3, 0.4) is 0 Å². The number of benzene rings is 1. The van der Waals surface area contributed by atoms with Crippen molar-refractivity contribution in [2.45, 2.75) is 26.3 Å². The van der Waals surface area contributed by atoms with E-state index in [1.807, 2.05) is 20.8 Å². The summed E-state index contributed by atoms with van der Waals surface area (Å²) in [5.74, 6) is -0.273. The van der Waals surface area contributed by atoms with Crippen molar-refractivity contribution >= 4 is 6.21 Å². The topological polar surface area (TPSA) is 64.9 Å². The third kappa shape index (κ3) is 3.89. The fourth-order valence-electron chi connectivity index (χ4n) is 0.921. The zero-order valence-corrected chi connectivity index (χ0v) is 9.15. The second-order valence-electron chi connectivity index (χ2n) is 4.37. The van der Waals surface area contributed by atoms with Crippen LogP contribution < -0.4 is 5.43 Å². The minimum Gasteiger partial charge on any atom is -0.504 e. The molecule has 1 rings (SSSR count). The van der Waals surface area contributed by atoms with Gasteiger partial charge in [-0.2, -0.15) is 5.10 Å². The minimum atomic E-state index is -0.144. The largest absolute Gasteiger partial charge is 0.504 e. The lowest BCUT2D eigenvalue weighted by molar-refractivity contribution is 0.403. The molecule has 15 heavy (non-hydrogen) atoms. The van der Waals surface area contributed by atoms with Gasteiger partial charge in [0.15, 0.2) is 11.5 Å². The van der Waals surface area contributed by atoms with Crippen LogP contribution in [0.4, 0.5) is 0 Å². The Bertz CT molecular complexity index is 367. The summed E-state index contributed by atoms with van der Waals surface area (Å²) in [6, 6.07) is 4.54. The number of nitrogens with one attached hydrogen (secondary N) is 1. The number of hydrogen-bond acceptors (Lipinski definition) is 4. The molecule has 0 aromatic heterocycles. The SMILES string of the molecule is CC(C)(C)N/N=C/c1ccc(O)c(O)c1. The molecule has 1 aromatic carbocycles. The highest BCUT2D eigenvalue weighted by Crippen LogP contribution is 2.23. The maximum Gasteiger partial charge on any atom is 0.158 e. The summed E-state index contributed by atoms with van der Waals surface area (Å²) < 4.78 is 0. The van der Waals surface area contributed by atoms with Crippen LogP contribution in [0.15, 0.2) is 23.3 Å². The Morgan fingerprint density at radius 2 is 1.87 bits per heavy atom. The van der Waals surface area contributed by atoms with E-state index in [4.69, 9.17) is 5.11 Å². The van der Waals surface area contributed by atoms with E-state index in [9.17, 15) is 5.11 Å². The molecule has 0 amide bonds. The van der Waals surface area contributed by atoms with E-state index in [1.165, 1.54) is 12.1 Å². The number of hydrogen-bond donors (Lipinski definition) is 3. The summed E-state index contributed by atoms with van der Waals surface area (Å²) in [6.07, 6.45) is 1.59. The van der Waals surface area contributed by atoms with E-state index < -0.39 is 0 Å². The predicted molar refractivity (Wildman–Crippen MR) is 60.3 cm³/mol. The van der Waals surface area contributed by atoms with E-state index in [1.54, 1.807) is 12.3 Å². The van der Waals surface area contributed by atoms with Crippen molar-refractivity contribution in [2.75, 3.05) is 0 Å². The molecule has 0 aliphatic heterocycles. The van der Waals surface area contributed by atoms with E-state index in [0.717, 1.165) is 5.56 Å². The monoisotopic (exact) mass is 208 g/mol. The molecule has 4 heteroatoms. The first kappa shape index (κ1) is 11.4. The van der Waals surface area contributed by atoms with Crippen molar-refractivity contribution in [1.82, 2.24) is 5.43 Å². The molecular formula is C11H16N2O2. The maximum atomic E-state index is 9.23. The normalized spacial score (nSPS) is 11.9. The van der Waals surface area contributed by atoms with Gasteiger partial charge in [0.25, 0.3) is 0 Å². The average Bonchev–Trinajstić information content (AvgIpc) is 2.09. The summed E-state index contributed by atoms with van der Waals surface area (Å²) in [6.45, 7) is 6.00. The third-order valence-corrected chi connectivity index (χ3v) is 1.61. The molecule has 1 aromatic rings. The Hall–Kier alpha value is -1.71. The van der Waals surface area contributed by atoms with E-state index in [-0.39, 0.29) is 17.0 Å². The molecule has 0 aliphatic rings. The van der Waals surface area contributed by atoms with Crippen molar-refractivity contribution in [2.24, 2.45) is 5.10 Å². The standard InChI is InChI=1S/C11H16N2O2/c1-11(2,3)13-12-7-8-4-5-9(14)10(15)6-8/h4-7,13-15H,1-3H3/b12-7+. The van der Waals surface area contributed by atoms with Gasteiger partial charge < -0.3 is 15.6 Å². The molecule has 0 bridgehead atoms. The van der Waals surface area contributed by atoms with Gasteiger partial charge in [-0.3, -0.25) is 0 Å². The van der Waals surface area contributed by atoms with Gasteiger partial charge in [0.05, 0.1) is 6.21 Å². The van der Waals surface area contributed by atoms with E-state index in [0.29, 0.717) is 0 Å². The highest BCUT2D eigenvalue weighted by Gasteiger charge is 2.05. The molecule has 0 saturated heterocycles. The quantitative estimate of drug-likeness (QED) is 0.394. The van der Waals surface area contributed by atoms with Crippen LogP contribution in [0, 0.1) is 0 Å². The van der Waals surface area contributed by atoms with Crippen molar-refractivity contribution in [3.63, 3.8) is 0 Å². The zero-order chi connectivity index (χ0) is 11.5. The second-order valence-corrected chi connectivity index (χ2v) is 4.37. The van der Waals surface area contributed by atoms with E-state index in [2.05, 4.69) is 10.5 Å². The Balaban J connectivity index is 2.69. The van der Waals surface area contributed by atoms with Crippen LogP contribution >= 0.6 is 0 Å². The smallest absolute Gasteiger partial charge is 0.158 e. The molecule has 0 fully saturated rings. The Morgan fingerprint density at radius 1 is 1.20 bits per heavy atom. The number of hydrazone groups is 1. The van der Waals surface area contributed by atoms with Crippen LogP contribution in [-0.2, 0) is 0 Å². The minimum absolute atomic E-state index is 0.0878. The number of phenolic OH excluding ortho intramolecular Hbond substituents is 2. The predicted octanol–water partition coefficient (Wildman–Crippen LogP) is 1.82. The third-order valence-electron chi connectivity index (χ3n) is 1.61. The van der Waals surface area contributed by atoms with E-state index >= 15 is 0 Å². The summed E-state index contributed by atoms with van der Waals surface area (Å²) in [5, 5.41) is 22.3. The van der Waals surface area contributed by atoms with Crippen LogP contribution in [0.2, 0.25) is 0 Å². The fraction of sp³-hybridized carbons (Fsp3) is 0.364. The fourth-order valence-corrected chi connectivity index (χ4v) is 0.921. The van der Waals surface area contributed by atoms with Gasteiger partial charge in [-0.25, -0.2) is 0 Å². The molecule has 0 aliphatic carbocycles. The molecular weight excluding hydrogens is 192 g/mol. The Kier molecular flexibility index (Phi) is 3.19. The van der Waals surface area contributed by atoms with Crippen molar-refractivity contribution in [3.05, 3.63) is 23.8 Å². The number of rotatable bonds is 2. The Labute approximate surface area is 89.3 Å². The summed E-state index contributed by atoms with van der Waals surface area (Å²) in [4.78, 5) is 0. The van der Waals surface area contributed by atoms with Gasteiger partial charge in [-0.05, 0) is 44.5 Å².